The largest absolute Gasteiger partial charge is 0.396 e. The second kappa shape index (κ2) is 5.36. The molecule has 1 atom stereocenters. The van der Waals surface area contributed by atoms with Crippen molar-refractivity contribution in [1.29, 1.82) is 0 Å². The standard InChI is InChI=1S/C13H24N4O/c1-10(2)17-12(15-9-16-17)6-13(7-14,8-18)5-11-3-4-11/h9-11,18H,3-8,14H2,1-2H3. The van der Waals surface area contributed by atoms with Gasteiger partial charge >= 0.3 is 0 Å². The van der Waals surface area contributed by atoms with Gasteiger partial charge in [0.25, 0.3) is 0 Å². The summed E-state index contributed by atoms with van der Waals surface area (Å²) in [6, 6.07) is 0.289. The molecule has 1 fully saturated rings. The van der Waals surface area contributed by atoms with Crippen molar-refractivity contribution in [1.82, 2.24) is 14.8 Å². The quantitative estimate of drug-likeness (QED) is 0.763. The van der Waals surface area contributed by atoms with E-state index in [0.717, 1.165) is 18.2 Å². The predicted molar refractivity (Wildman–Crippen MR) is 70.0 cm³/mol. The molecule has 1 saturated carbocycles. The van der Waals surface area contributed by atoms with E-state index in [4.69, 9.17) is 5.73 Å². The molecule has 1 unspecified atom stereocenters. The third-order valence-electron chi connectivity index (χ3n) is 3.86. The molecule has 5 heteroatoms. The molecule has 1 aromatic rings. The van der Waals surface area contributed by atoms with E-state index in [1.54, 1.807) is 6.33 Å². The van der Waals surface area contributed by atoms with Crippen molar-refractivity contribution in [2.45, 2.75) is 45.6 Å². The molecule has 1 aliphatic carbocycles. The lowest BCUT2D eigenvalue weighted by Crippen LogP contribution is -2.38. The average Bonchev–Trinajstić information content (AvgIpc) is 3.04. The highest BCUT2D eigenvalue weighted by molar-refractivity contribution is 4.98. The van der Waals surface area contributed by atoms with Crippen LogP contribution in [0.25, 0.3) is 0 Å². The molecule has 0 aromatic carbocycles. The first-order chi connectivity index (χ1) is 8.60. The van der Waals surface area contributed by atoms with E-state index < -0.39 is 0 Å². The summed E-state index contributed by atoms with van der Waals surface area (Å²) in [4.78, 5) is 4.33. The molecule has 5 nitrogen and oxygen atoms in total. The maximum absolute atomic E-state index is 9.74. The Labute approximate surface area is 108 Å². The summed E-state index contributed by atoms with van der Waals surface area (Å²) in [5.41, 5.74) is 5.70. The topological polar surface area (TPSA) is 77.0 Å². The van der Waals surface area contributed by atoms with Crippen molar-refractivity contribution >= 4 is 0 Å². The van der Waals surface area contributed by atoms with Crippen LogP contribution >= 0.6 is 0 Å². The number of hydrogen-bond acceptors (Lipinski definition) is 4. The van der Waals surface area contributed by atoms with Gasteiger partial charge in [0, 0.05) is 24.4 Å². The molecule has 1 aromatic heterocycles. The van der Waals surface area contributed by atoms with Gasteiger partial charge in [-0.05, 0) is 26.2 Å². The number of aromatic nitrogens is 3. The van der Waals surface area contributed by atoms with E-state index in [9.17, 15) is 5.11 Å². The molecule has 1 aliphatic rings. The van der Waals surface area contributed by atoms with Gasteiger partial charge in [-0.3, -0.25) is 0 Å². The van der Waals surface area contributed by atoms with E-state index in [0.29, 0.717) is 13.0 Å². The molecule has 0 radical (unpaired) electrons. The highest BCUT2D eigenvalue weighted by Crippen LogP contribution is 2.41. The lowest BCUT2D eigenvalue weighted by Gasteiger charge is -2.30. The van der Waals surface area contributed by atoms with Gasteiger partial charge in [-0.15, -0.1) is 0 Å². The fraction of sp³-hybridized carbons (Fsp3) is 0.846. The lowest BCUT2D eigenvalue weighted by molar-refractivity contribution is 0.112. The van der Waals surface area contributed by atoms with Gasteiger partial charge in [-0.25, -0.2) is 9.67 Å². The SMILES string of the molecule is CC(C)n1ncnc1CC(CN)(CO)CC1CC1. The first-order valence-electron chi connectivity index (χ1n) is 6.79. The van der Waals surface area contributed by atoms with E-state index in [-0.39, 0.29) is 18.1 Å². The van der Waals surface area contributed by atoms with Gasteiger partial charge in [-0.1, -0.05) is 12.8 Å². The number of hydrogen-bond donors (Lipinski definition) is 2. The van der Waals surface area contributed by atoms with Gasteiger partial charge in [-0.2, -0.15) is 5.10 Å². The molecule has 0 bridgehead atoms. The van der Waals surface area contributed by atoms with Crippen LogP contribution in [-0.2, 0) is 6.42 Å². The zero-order valence-electron chi connectivity index (χ0n) is 11.3. The average molecular weight is 252 g/mol. The Morgan fingerprint density at radius 3 is 2.78 bits per heavy atom. The number of rotatable bonds is 7. The molecule has 18 heavy (non-hydrogen) atoms. The Morgan fingerprint density at radius 1 is 1.56 bits per heavy atom. The molecule has 0 amide bonds. The number of nitrogens with two attached hydrogens (primary N) is 1. The van der Waals surface area contributed by atoms with Crippen LogP contribution in [0.2, 0.25) is 0 Å². The molecular formula is C13H24N4O. The highest BCUT2D eigenvalue weighted by atomic mass is 16.3. The van der Waals surface area contributed by atoms with Crippen molar-refractivity contribution < 1.29 is 5.11 Å². The molecule has 0 saturated heterocycles. The van der Waals surface area contributed by atoms with E-state index >= 15 is 0 Å². The van der Waals surface area contributed by atoms with Gasteiger partial charge in [0.2, 0.25) is 0 Å². The van der Waals surface area contributed by atoms with Gasteiger partial charge in [0.15, 0.2) is 0 Å². The van der Waals surface area contributed by atoms with E-state index in [1.807, 2.05) is 4.68 Å². The van der Waals surface area contributed by atoms with Crippen LogP contribution in [-0.4, -0.2) is 33.0 Å². The van der Waals surface area contributed by atoms with Crippen molar-refractivity contribution in [3.8, 4) is 0 Å². The Bertz CT molecular complexity index is 380. The van der Waals surface area contributed by atoms with E-state index in [1.165, 1.54) is 12.8 Å². The number of aliphatic hydroxyl groups is 1. The molecular weight excluding hydrogens is 228 g/mol. The van der Waals surface area contributed by atoms with Crippen LogP contribution in [0.5, 0.6) is 0 Å². The van der Waals surface area contributed by atoms with Gasteiger partial charge in [0.1, 0.15) is 12.2 Å². The van der Waals surface area contributed by atoms with E-state index in [2.05, 4.69) is 23.9 Å². The van der Waals surface area contributed by atoms with Crippen molar-refractivity contribution in [2.75, 3.05) is 13.2 Å². The number of aliphatic hydroxyl groups excluding tert-OH is 1. The maximum atomic E-state index is 9.74. The van der Waals surface area contributed by atoms with Crippen molar-refractivity contribution in [3.05, 3.63) is 12.2 Å². The first kappa shape index (κ1) is 13.5. The monoisotopic (exact) mass is 252 g/mol. The van der Waals surface area contributed by atoms with Crippen molar-refractivity contribution in [3.63, 3.8) is 0 Å². The molecule has 0 aliphatic heterocycles. The fourth-order valence-electron chi connectivity index (χ4n) is 2.51. The first-order valence-corrected chi connectivity index (χ1v) is 6.79. The Morgan fingerprint density at radius 2 is 2.28 bits per heavy atom. The molecule has 102 valence electrons. The van der Waals surface area contributed by atoms with Crippen LogP contribution in [0.1, 0.15) is 45.0 Å². The minimum atomic E-state index is -0.221. The van der Waals surface area contributed by atoms with Gasteiger partial charge < -0.3 is 10.8 Å². The van der Waals surface area contributed by atoms with Crippen LogP contribution in [0, 0.1) is 11.3 Å². The molecule has 2 rings (SSSR count). The summed E-state index contributed by atoms with van der Waals surface area (Å²) in [7, 11) is 0. The van der Waals surface area contributed by atoms with Crippen LogP contribution < -0.4 is 5.73 Å². The van der Waals surface area contributed by atoms with Crippen LogP contribution in [0.3, 0.4) is 0 Å². The smallest absolute Gasteiger partial charge is 0.138 e. The minimum absolute atomic E-state index is 0.130. The Kier molecular flexibility index (Phi) is 4.02. The summed E-state index contributed by atoms with van der Waals surface area (Å²) >= 11 is 0. The highest BCUT2D eigenvalue weighted by Gasteiger charge is 2.37. The second-order valence-corrected chi connectivity index (χ2v) is 5.90. The van der Waals surface area contributed by atoms with Gasteiger partial charge in [0.05, 0.1) is 6.61 Å². The second-order valence-electron chi connectivity index (χ2n) is 5.90. The summed E-state index contributed by atoms with van der Waals surface area (Å²) < 4.78 is 1.92. The predicted octanol–water partition coefficient (Wildman–Crippen LogP) is 1.14. The summed E-state index contributed by atoms with van der Waals surface area (Å²) in [5.74, 6) is 1.68. The summed E-state index contributed by atoms with van der Waals surface area (Å²) in [6.45, 7) is 4.81. The summed E-state index contributed by atoms with van der Waals surface area (Å²) in [5, 5.41) is 14.0. The third-order valence-corrected chi connectivity index (χ3v) is 3.86. The normalized spacial score (nSPS) is 19.2. The fourth-order valence-corrected chi connectivity index (χ4v) is 2.51. The minimum Gasteiger partial charge on any atom is -0.396 e. The third kappa shape index (κ3) is 2.90. The lowest BCUT2D eigenvalue weighted by atomic mass is 9.80. The number of nitrogens with zero attached hydrogens (tertiary/aromatic N) is 3. The van der Waals surface area contributed by atoms with Crippen LogP contribution in [0.4, 0.5) is 0 Å². The zero-order valence-corrected chi connectivity index (χ0v) is 11.3. The Hall–Kier alpha value is -0.940. The van der Waals surface area contributed by atoms with Crippen molar-refractivity contribution in [2.24, 2.45) is 17.1 Å². The molecule has 0 spiro atoms. The zero-order chi connectivity index (χ0) is 13.2. The Balaban J connectivity index is 2.13. The molecule has 1 heterocycles. The maximum Gasteiger partial charge on any atom is 0.138 e. The summed E-state index contributed by atoms with van der Waals surface area (Å²) in [6.07, 6.45) is 5.86. The molecule has 3 N–H and O–H groups in total. The van der Waals surface area contributed by atoms with Crippen LogP contribution in [0.15, 0.2) is 6.33 Å².